The van der Waals surface area contributed by atoms with Crippen LogP contribution in [0.1, 0.15) is 17.1 Å². The highest BCUT2D eigenvalue weighted by molar-refractivity contribution is 5.90. The van der Waals surface area contributed by atoms with E-state index in [1.54, 1.807) is 10.8 Å². The second kappa shape index (κ2) is 5.92. The van der Waals surface area contributed by atoms with Gasteiger partial charge in [-0.15, -0.1) is 0 Å². The van der Waals surface area contributed by atoms with Gasteiger partial charge in [0.25, 0.3) is 0 Å². The summed E-state index contributed by atoms with van der Waals surface area (Å²) in [6.07, 6.45) is 10.1. The molecule has 0 radical (unpaired) electrons. The minimum Gasteiger partial charge on any atom is -0.493 e. The molecule has 1 aromatic heterocycles. The lowest BCUT2D eigenvalue weighted by atomic mass is 9.97. The maximum absolute atomic E-state index is 10.4. The van der Waals surface area contributed by atoms with Crippen LogP contribution in [0.15, 0.2) is 58.0 Å². The molecule has 2 aromatic rings. The highest BCUT2D eigenvalue weighted by Gasteiger charge is 2.27. The van der Waals surface area contributed by atoms with Crippen molar-refractivity contribution in [2.45, 2.75) is 12.6 Å². The molecule has 5 nitrogen and oxygen atoms in total. The Hall–Kier alpha value is -2.95. The number of aromatic nitrogens is 2. The molecule has 0 bridgehead atoms. The Bertz CT molecular complexity index is 874. The third kappa shape index (κ3) is 2.58. The molecule has 0 saturated heterocycles. The topological polar surface area (TPSA) is 62.8 Å². The van der Waals surface area contributed by atoms with Crippen molar-refractivity contribution in [1.29, 1.82) is 0 Å². The van der Waals surface area contributed by atoms with Gasteiger partial charge in [-0.2, -0.15) is 0 Å². The van der Waals surface area contributed by atoms with Crippen LogP contribution >= 0.6 is 0 Å². The second-order valence-corrected chi connectivity index (χ2v) is 6.00. The Morgan fingerprint density at radius 3 is 2.88 bits per heavy atom. The van der Waals surface area contributed by atoms with Gasteiger partial charge in [0.1, 0.15) is 17.7 Å². The van der Waals surface area contributed by atoms with Crippen molar-refractivity contribution in [2.75, 3.05) is 0 Å². The quantitative estimate of drug-likeness (QED) is 0.946. The molecular formula is C19H18N4O. The Morgan fingerprint density at radius 1 is 1.21 bits per heavy atom. The Labute approximate surface area is 140 Å². The average molecular weight is 318 g/mol. The number of hydrogen-bond donors (Lipinski definition) is 1. The number of benzene rings is 1. The summed E-state index contributed by atoms with van der Waals surface area (Å²) < 4.78 is 1.73. The van der Waals surface area contributed by atoms with Crippen molar-refractivity contribution in [3.05, 3.63) is 65.1 Å². The molecule has 5 heteroatoms. The summed E-state index contributed by atoms with van der Waals surface area (Å²) in [5.41, 5.74) is 2.76. The third-order valence-electron chi connectivity index (χ3n) is 4.42. The molecule has 1 aromatic carbocycles. The number of rotatable bonds is 3. The van der Waals surface area contributed by atoms with Gasteiger partial charge in [-0.1, -0.05) is 36.4 Å². The van der Waals surface area contributed by atoms with Crippen LogP contribution < -0.4 is 0 Å². The number of allylic oxidation sites excluding steroid dienone is 1. The van der Waals surface area contributed by atoms with Crippen LogP contribution in [-0.2, 0) is 13.5 Å². The number of nitrogens with zero attached hydrogens (tertiary/aromatic N) is 4. The van der Waals surface area contributed by atoms with Crippen LogP contribution in [0.25, 0.3) is 6.08 Å². The van der Waals surface area contributed by atoms with Crippen molar-refractivity contribution in [2.24, 2.45) is 23.0 Å². The van der Waals surface area contributed by atoms with Gasteiger partial charge in [-0.3, -0.25) is 9.98 Å². The molecule has 2 atom stereocenters. The van der Waals surface area contributed by atoms with Crippen LogP contribution in [0.2, 0.25) is 0 Å². The summed E-state index contributed by atoms with van der Waals surface area (Å²) in [5, 5.41) is 10.4. The molecule has 0 saturated carbocycles. The van der Waals surface area contributed by atoms with Gasteiger partial charge in [-0.05, 0) is 23.3 Å². The molecule has 1 N–H and O–H groups in total. The zero-order valence-corrected chi connectivity index (χ0v) is 13.4. The minimum absolute atomic E-state index is 0.0732. The first-order valence-electron chi connectivity index (χ1n) is 7.95. The number of fused-ring (bicyclic) bond motifs is 1. The Balaban J connectivity index is 1.64. The van der Waals surface area contributed by atoms with Crippen LogP contribution in [0, 0.1) is 5.92 Å². The Morgan fingerprint density at radius 2 is 2.04 bits per heavy atom. The average Bonchev–Trinajstić information content (AvgIpc) is 3.13. The smallest absolute Gasteiger partial charge is 0.218 e. The van der Waals surface area contributed by atoms with Gasteiger partial charge in [0.15, 0.2) is 0 Å². The van der Waals surface area contributed by atoms with Gasteiger partial charge in [-0.25, -0.2) is 4.98 Å². The van der Waals surface area contributed by atoms with E-state index in [0.717, 1.165) is 17.0 Å². The first kappa shape index (κ1) is 14.6. The number of hydrogen-bond acceptors (Lipinski definition) is 4. The van der Waals surface area contributed by atoms with E-state index in [1.807, 2.05) is 43.6 Å². The first-order valence-corrected chi connectivity index (χ1v) is 7.95. The van der Waals surface area contributed by atoms with E-state index in [4.69, 9.17) is 0 Å². The van der Waals surface area contributed by atoms with E-state index in [9.17, 15) is 5.11 Å². The first-order chi connectivity index (χ1) is 11.7. The molecule has 0 fully saturated rings. The predicted molar refractivity (Wildman–Crippen MR) is 95.5 cm³/mol. The molecule has 2 unspecified atom stereocenters. The summed E-state index contributed by atoms with van der Waals surface area (Å²) in [6, 6.07) is 10.1. The summed E-state index contributed by atoms with van der Waals surface area (Å²) in [7, 11) is 1.83. The van der Waals surface area contributed by atoms with Gasteiger partial charge in [0, 0.05) is 31.8 Å². The van der Waals surface area contributed by atoms with Crippen LogP contribution in [-0.4, -0.2) is 33.3 Å². The predicted octanol–water partition coefficient (Wildman–Crippen LogP) is 2.77. The highest BCUT2D eigenvalue weighted by Crippen LogP contribution is 2.30. The van der Waals surface area contributed by atoms with E-state index in [-0.39, 0.29) is 18.0 Å². The summed E-state index contributed by atoms with van der Waals surface area (Å²) in [6.45, 7) is 0. The van der Waals surface area contributed by atoms with Crippen molar-refractivity contribution in [1.82, 2.24) is 9.55 Å². The van der Waals surface area contributed by atoms with Gasteiger partial charge < -0.3 is 9.67 Å². The summed E-state index contributed by atoms with van der Waals surface area (Å²) in [5.74, 6) is 1.14. The summed E-state index contributed by atoms with van der Waals surface area (Å²) in [4.78, 5) is 13.4. The highest BCUT2D eigenvalue weighted by atomic mass is 16.3. The monoisotopic (exact) mass is 318 g/mol. The van der Waals surface area contributed by atoms with E-state index in [1.165, 1.54) is 0 Å². The van der Waals surface area contributed by atoms with Crippen LogP contribution in [0.3, 0.4) is 0 Å². The fourth-order valence-corrected chi connectivity index (χ4v) is 3.05. The van der Waals surface area contributed by atoms with E-state index in [2.05, 4.69) is 33.2 Å². The fourth-order valence-electron chi connectivity index (χ4n) is 3.05. The van der Waals surface area contributed by atoms with Crippen molar-refractivity contribution in [3.8, 4) is 5.88 Å². The van der Waals surface area contributed by atoms with Gasteiger partial charge in [0.05, 0.1) is 0 Å². The summed E-state index contributed by atoms with van der Waals surface area (Å²) >= 11 is 0. The SMILES string of the molecule is Cn1c(Cc2ccccc2)nc(C=C2C=NC3N=CC=CC23)c1O. The fraction of sp³-hybridized carbons (Fsp3) is 0.211. The lowest BCUT2D eigenvalue weighted by Crippen LogP contribution is -2.13. The largest absolute Gasteiger partial charge is 0.493 e. The zero-order valence-electron chi connectivity index (χ0n) is 13.4. The molecular weight excluding hydrogens is 300 g/mol. The molecule has 0 spiro atoms. The number of imidazole rings is 1. The lowest BCUT2D eigenvalue weighted by Gasteiger charge is -2.13. The minimum atomic E-state index is -0.0732. The van der Waals surface area contributed by atoms with Crippen molar-refractivity contribution >= 4 is 18.5 Å². The number of aliphatic imine (C=N–C) groups is 2. The van der Waals surface area contributed by atoms with Crippen LogP contribution in [0.4, 0.5) is 0 Å². The molecule has 0 amide bonds. The van der Waals surface area contributed by atoms with E-state index >= 15 is 0 Å². The van der Waals surface area contributed by atoms with Gasteiger partial charge >= 0.3 is 0 Å². The van der Waals surface area contributed by atoms with Gasteiger partial charge in [0.2, 0.25) is 5.88 Å². The normalized spacial score (nSPS) is 23.1. The lowest BCUT2D eigenvalue weighted by molar-refractivity contribution is 0.428. The third-order valence-corrected chi connectivity index (χ3v) is 4.42. The van der Waals surface area contributed by atoms with Crippen LogP contribution in [0.5, 0.6) is 5.88 Å². The molecule has 3 heterocycles. The standard InChI is InChI=1S/C19H18N4O/c1-23-17(10-13-6-3-2-4-7-13)22-16(19(23)24)11-14-12-21-18-15(14)8-5-9-20-18/h2-9,11-12,15,18,24H,10H2,1H3. The van der Waals surface area contributed by atoms with E-state index in [0.29, 0.717) is 12.1 Å². The molecule has 2 aliphatic rings. The maximum atomic E-state index is 10.4. The van der Waals surface area contributed by atoms with Crippen molar-refractivity contribution < 1.29 is 5.11 Å². The molecule has 0 aliphatic carbocycles. The molecule has 4 rings (SSSR count). The van der Waals surface area contributed by atoms with E-state index < -0.39 is 0 Å². The number of dihydropyridines is 1. The second-order valence-electron chi connectivity index (χ2n) is 6.00. The maximum Gasteiger partial charge on any atom is 0.218 e. The molecule has 2 aliphatic heterocycles. The Kier molecular flexibility index (Phi) is 3.61. The molecule has 24 heavy (non-hydrogen) atoms. The molecule has 120 valence electrons. The zero-order chi connectivity index (χ0) is 16.5. The number of aromatic hydroxyl groups is 1. The van der Waals surface area contributed by atoms with Crippen molar-refractivity contribution in [3.63, 3.8) is 0 Å².